The summed E-state index contributed by atoms with van der Waals surface area (Å²) in [7, 11) is 1.61. The molecule has 0 saturated heterocycles. The Morgan fingerprint density at radius 3 is 2.65 bits per heavy atom. The van der Waals surface area contributed by atoms with E-state index in [0.29, 0.717) is 17.2 Å². The lowest BCUT2D eigenvalue weighted by Crippen LogP contribution is -2.27. The molecule has 20 heavy (non-hydrogen) atoms. The van der Waals surface area contributed by atoms with E-state index in [9.17, 15) is 9.59 Å². The van der Waals surface area contributed by atoms with Crippen LogP contribution in [0.4, 0.5) is 0 Å². The molecule has 104 valence electrons. The molecule has 1 amide bonds. The third-order valence-corrected chi connectivity index (χ3v) is 2.60. The van der Waals surface area contributed by atoms with Crippen molar-refractivity contribution in [2.75, 3.05) is 7.05 Å². The second-order valence-corrected chi connectivity index (χ2v) is 4.24. The van der Waals surface area contributed by atoms with Crippen molar-refractivity contribution < 1.29 is 14.7 Å². The highest BCUT2D eigenvalue weighted by Crippen LogP contribution is 2.06. The van der Waals surface area contributed by atoms with Gasteiger partial charge in [-0.1, -0.05) is 0 Å². The Bertz CT molecular complexity index is 635. The quantitative estimate of drug-likeness (QED) is 0.839. The van der Waals surface area contributed by atoms with Gasteiger partial charge in [0.2, 0.25) is 0 Å². The molecule has 8 heteroatoms. The molecule has 0 radical (unpaired) electrons. The maximum absolute atomic E-state index is 12.1. The summed E-state index contributed by atoms with van der Waals surface area (Å²) in [6, 6.07) is 2.72. The molecule has 0 aromatic carbocycles. The van der Waals surface area contributed by atoms with E-state index in [0.717, 1.165) is 0 Å². The predicted octanol–water partition coefficient (Wildman–Crippen LogP) is 0.479. The monoisotopic (exact) mass is 275 g/mol. The topological polar surface area (TPSA) is 112 Å². The number of pyridine rings is 1. The number of hydrogen-bond acceptors (Lipinski definition) is 5. The molecule has 0 fully saturated rings. The molecular weight excluding hydrogens is 262 g/mol. The van der Waals surface area contributed by atoms with Gasteiger partial charge in [0.1, 0.15) is 11.5 Å². The minimum absolute atomic E-state index is 0.103. The number of aromatic amines is 1. The van der Waals surface area contributed by atoms with E-state index < -0.39 is 5.97 Å². The first-order valence-corrected chi connectivity index (χ1v) is 5.80. The van der Waals surface area contributed by atoms with Crippen LogP contribution < -0.4 is 0 Å². The lowest BCUT2D eigenvalue weighted by atomic mass is 10.2. The largest absolute Gasteiger partial charge is 0.477 e. The number of carbonyl (C=O) groups is 2. The molecule has 0 aliphatic rings. The first-order valence-electron chi connectivity index (χ1n) is 5.80. The van der Waals surface area contributed by atoms with Gasteiger partial charge in [0.25, 0.3) is 5.91 Å². The maximum atomic E-state index is 12.1. The van der Waals surface area contributed by atoms with Gasteiger partial charge in [0.05, 0.1) is 12.1 Å². The lowest BCUT2D eigenvalue weighted by Gasteiger charge is -2.14. The number of rotatable bonds is 4. The van der Waals surface area contributed by atoms with Crippen LogP contribution in [0.5, 0.6) is 0 Å². The summed E-state index contributed by atoms with van der Waals surface area (Å²) in [5, 5.41) is 15.4. The van der Waals surface area contributed by atoms with Gasteiger partial charge in [-0.3, -0.25) is 9.89 Å². The van der Waals surface area contributed by atoms with Crippen LogP contribution in [0.25, 0.3) is 0 Å². The van der Waals surface area contributed by atoms with E-state index >= 15 is 0 Å². The molecule has 2 aromatic heterocycles. The Morgan fingerprint density at radius 2 is 2.15 bits per heavy atom. The Hall–Kier alpha value is -2.77. The predicted molar refractivity (Wildman–Crippen MR) is 68.1 cm³/mol. The fourth-order valence-corrected chi connectivity index (χ4v) is 1.61. The number of amides is 1. The van der Waals surface area contributed by atoms with Gasteiger partial charge in [0.15, 0.2) is 5.82 Å². The van der Waals surface area contributed by atoms with E-state index in [2.05, 4.69) is 20.2 Å². The van der Waals surface area contributed by atoms with E-state index in [-0.39, 0.29) is 18.1 Å². The van der Waals surface area contributed by atoms with Crippen molar-refractivity contribution in [3.63, 3.8) is 0 Å². The molecule has 0 saturated carbocycles. The smallest absolute Gasteiger partial charge is 0.354 e. The zero-order valence-electron chi connectivity index (χ0n) is 11.0. The summed E-state index contributed by atoms with van der Waals surface area (Å²) in [6.45, 7) is 2.02. The van der Waals surface area contributed by atoms with Gasteiger partial charge in [-0.05, 0) is 19.1 Å². The fourth-order valence-electron chi connectivity index (χ4n) is 1.61. The molecule has 2 N–H and O–H groups in total. The summed E-state index contributed by atoms with van der Waals surface area (Å²) in [5.41, 5.74) is 0.207. The average molecular weight is 275 g/mol. The SMILES string of the molecule is Cc1nc(CN(C)C(=O)c2ccc(C(=O)O)nc2)n[nH]1. The summed E-state index contributed by atoms with van der Waals surface area (Å²) in [6.07, 6.45) is 1.24. The highest BCUT2D eigenvalue weighted by molar-refractivity contribution is 5.94. The van der Waals surface area contributed by atoms with E-state index in [1.165, 1.54) is 23.2 Å². The number of aryl methyl sites for hydroxylation is 1. The molecule has 2 heterocycles. The summed E-state index contributed by atoms with van der Waals surface area (Å²) in [5.74, 6) is -0.229. The van der Waals surface area contributed by atoms with Crippen molar-refractivity contribution in [3.8, 4) is 0 Å². The van der Waals surface area contributed by atoms with Gasteiger partial charge < -0.3 is 10.0 Å². The third kappa shape index (κ3) is 2.97. The number of aromatic nitrogens is 4. The summed E-state index contributed by atoms with van der Waals surface area (Å²) < 4.78 is 0. The van der Waals surface area contributed by atoms with E-state index in [1.807, 2.05) is 0 Å². The Balaban J connectivity index is 2.08. The number of nitrogens with one attached hydrogen (secondary N) is 1. The van der Waals surface area contributed by atoms with Crippen LogP contribution in [0.15, 0.2) is 18.3 Å². The zero-order chi connectivity index (χ0) is 14.7. The Kier molecular flexibility index (Phi) is 3.74. The van der Waals surface area contributed by atoms with Crippen LogP contribution in [-0.4, -0.2) is 49.1 Å². The average Bonchev–Trinajstić information content (AvgIpc) is 2.83. The van der Waals surface area contributed by atoms with Crippen LogP contribution in [0.3, 0.4) is 0 Å². The fraction of sp³-hybridized carbons (Fsp3) is 0.250. The molecule has 0 atom stereocenters. The van der Waals surface area contributed by atoms with E-state index in [4.69, 9.17) is 5.11 Å². The van der Waals surface area contributed by atoms with Gasteiger partial charge in [0, 0.05) is 13.2 Å². The molecule has 0 spiro atoms. The number of H-pyrrole nitrogens is 1. The molecule has 2 aromatic rings. The van der Waals surface area contributed by atoms with Crippen LogP contribution in [0.2, 0.25) is 0 Å². The van der Waals surface area contributed by atoms with Crippen molar-refractivity contribution >= 4 is 11.9 Å². The molecule has 0 aliphatic heterocycles. The summed E-state index contributed by atoms with van der Waals surface area (Å²) >= 11 is 0. The molecule has 0 unspecified atom stereocenters. The first-order chi connectivity index (χ1) is 9.47. The van der Waals surface area contributed by atoms with Crippen molar-refractivity contribution in [3.05, 3.63) is 41.2 Å². The van der Waals surface area contributed by atoms with Crippen molar-refractivity contribution in [2.24, 2.45) is 0 Å². The zero-order valence-corrected chi connectivity index (χ0v) is 11.0. The van der Waals surface area contributed by atoms with Crippen LogP contribution in [0, 0.1) is 6.92 Å². The number of nitrogens with zero attached hydrogens (tertiary/aromatic N) is 4. The van der Waals surface area contributed by atoms with Gasteiger partial charge >= 0.3 is 5.97 Å². The standard InChI is InChI=1S/C12H13N5O3/c1-7-14-10(16-15-7)6-17(2)11(18)8-3-4-9(12(19)20)13-5-8/h3-5H,6H2,1-2H3,(H,19,20)(H,14,15,16). The van der Waals surface area contributed by atoms with Gasteiger partial charge in [-0.25, -0.2) is 14.8 Å². The Morgan fingerprint density at radius 1 is 1.40 bits per heavy atom. The van der Waals surface area contributed by atoms with Crippen molar-refractivity contribution in [2.45, 2.75) is 13.5 Å². The lowest BCUT2D eigenvalue weighted by molar-refractivity contribution is 0.0688. The second-order valence-electron chi connectivity index (χ2n) is 4.24. The minimum Gasteiger partial charge on any atom is -0.477 e. The van der Waals surface area contributed by atoms with Gasteiger partial charge in [-0.2, -0.15) is 5.10 Å². The first kappa shape index (κ1) is 13.7. The molecule has 2 rings (SSSR count). The molecule has 8 nitrogen and oxygen atoms in total. The van der Waals surface area contributed by atoms with E-state index in [1.54, 1.807) is 14.0 Å². The Labute approximate surface area is 114 Å². The molecule has 0 aliphatic carbocycles. The van der Waals surface area contributed by atoms with Gasteiger partial charge in [-0.15, -0.1) is 0 Å². The third-order valence-electron chi connectivity index (χ3n) is 2.60. The van der Waals surface area contributed by atoms with Crippen molar-refractivity contribution in [1.82, 2.24) is 25.1 Å². The maximum Gasteiger partial charge on any atom is 0.354 e. The number of carboxylic acids is 1. The second kappa shape index (κ2) is 5.47. The van der Waals surface area contributed by atoms with Crippen molar-refractivity contribution in [1.29, 1.82) is 0 Å². The molecular formula is C12H13N5O3. The number of hydrogen-bond donors (Lipinski definition) is 2. The minimum atomic E-state index is -1.13. The number of carbonyl (C=O) groups excluding carboxylic acids is 1. The highest BCUT2D eigenvalue weighted by atomic mass is 16.4. The number of carboxylic acid groups (broad SMARTS) is 1. The van der Waals surface area contributed by atoms with Crippen LogP contribution >= 0.6 is 0 Å². The van der Waals surface area contributed by atoms with Crippen LogP contribution in [-0.2, 0) is 6.54 Å². The summed E-state index contributed by atoms with van der Waals surface area (Å²) in [4.78, 5) is 32.0. The normalized spacial score (nSPS) is 10.3. The molecule has 0 bridgehead atoms. The van der Waals surface area contributed by atoms with Crippen LogP contribution in [0.1, 0.15) is 32.5 Å². The number of aromatic carboxylic acids is 1. The highest BCUT2D eigenvalue weighted by Gasteiger charge is 2.15.